The number of hydrogen-bond acceptors (Lipinski definition) is 5. The van der Waals surface area contributed by atoms with Crippen LogP contribution in [0.5, 0.6) is 0 Å². The Balaban J connectivity index is 2.11. The molecule has 0 bridgehead atoms. The molecule has 16 heavy (non-hydrogen) atoms. The second kappa shape index (κ2) is 4.18. The highest BCUT2D eigenvalue weighted by molar-refractivity contribution is 5.88. The van der Waals surface area contributed by atoms with E-state index in [1.165, 1.54) is 11.0 Å². The summed E-state index contributed by atoms with van der Waals surface area (Å²) in [5.41, 5.74) is 5.04. The standard InChI is InChI=1S/C9H14N4O3/c10-8(16)9-11-4-13(12-9)6-1-5(3-14)7(15)2-6/h4-7,14-15H,1-3H2,(H2,10,16)/t5-,6-,7?/m0/s1. The first-order valence-electron chi connectivity index (χ1n) is 5.11. The molecule has 0 spiro atoms. The van der Waals surface area contributed by atoms with Gasteiger partial charge in [0.2, 0.25) is 5.82 Å². The number of carbonyl (C=O) groups excluding carboxylic acids is 1. The Hall–Kier alpha value is -1.47. The maximum Gasteiger partial charge on any atom is 0.288 e. The molecule has 1 heterocycles. The normalized spacial score (nSPS) is 29.5. The van der Waals surface area contributed by atoms with Crippen LogP contribution in [0.2, 0.25) is 0 Å². The van der Waals surface area contributed by atoms with Crippen molar-refractivity contribution in [1.29, 1.82) is 0 Å². The average molecular weight is 226 g/mol. The van der Waals surface area contributed by atoms with Crippen LogP contribution in [0.4, 0.5) is 0 Å². The summed E-state index contributed by atoms with van der Waals surface area (Å²) in [5, 5.41) is 22.6. The molecule has 1 fully saturated rings. The van der Waals surface area contributed by atoms with Crippen molar-refractivity contribution in [3.8, 4) is 0 Å². The third-order valence-corrected chi connectivity index (χ3v) is 2.97. The Morgan fingerprint density at radius 2 is 2.38 bits per heavy atom. The number of rotatable bonds is 3. The zero-order valence-electron chi connectivity index (χ0n) is 8.65. The SMILES string of the molecule is NC(=O)c1ncn([C@@H]2CC(O)[C@H](CO)C2)n1. The number of amides is 1. The number of hydrogen-bond donors (Lipinski definition) is 3. The molecule has 7 nitrogen and oxygen atoms in total. The van der Waals surface area contributed by atoms with Crippen molar-refractivity contribution in [2.45, 2.75) is 25.0 Å². The first-order chi connectivity index (χ1) is 7.61. The minimum absolute atomic E-state index is 0.0260. The first-order valence-corrected chi connectivity index (χ1v) is 5.11. The van der Waals surface area contributed by atoms with Crippen LogP contribution in [0.15, 0.2) is 6.33 Å². The Morgan fingerprint density at radius 1 is 1.62 bits per heavy atom. The van der Waals surface area contributed by atoms with Crippen LogP contribution in [0, 0.1) is 5.92 Å². The molecule has 1 aromatic heterocycles. The monoisotopic (exact) mass is 226 g/mol. The molecule has 3 atom stereocenters. The molecule has 1 amide bonds. The molecular weight excluding hydrogens is 212 g/mol. The number of nitrogens with zero attached hydrogens (tertiary/aromatic N) is 3. The lowest BCUT2D eigenvalue weighted by atomic mass is 10.1. The maximum atomic E-state index is 10.8. The van der Waals surface area contributed by atoms with Gasteiger partial charge in [-0.3, -0.25) is 4.79 Å². The van der Waals surface area contributed by atoms with E-state index in [0.717, 1.165) is 0 Å². The van der Waals surface area contributed by atoms with Gasteiger partial charge >= 0.3 is 0 Å². The molecule has 0 aliphatic heterocycles. The molecule has 7 heteroatoms. The maximum absolute atomic E-state index is 10.8. The molecule has 1 aromatic rings. The zero-order chi connectivity index (χ0) is 11.7. The van der Waals surface area contributed by atoms with Gasteiger partial charge in [0, 0.05) is 12.5 Å². The number of primary amides is 1. The van der Waals surface area contributed by atoms with Gasteiger partial charge in [0.1, 0.15) is 6.33 Å². The second-order valence-electron chi connectivity index (χ2n) is 4.05. The average Bonchev–Trinajstić information content (AvgIpc) is 2.83. The number of carbonyl (C=O) groups is 1. The highest BCUT2D eigenvalue weighted by atomic mass is 16.3. The summed E-state index contributed by atoms with van der Waals surface area (Å²) in [6.07, 6.45) is 2.03. The summed E-state index contributed by atoms with van der Waals surface area (Å²) in [6, 6.07) is -0.0345. The molecule has 1 saturated carbocycles. The lowest BCUT2D eigenvalue weighted by Gasteiger charge is -2.08. The molecule has 1 aliphatic rings. The zero-order valence-corrected chi connectivity index (χ0v) is 8.65. The van der Waals surface area contributed by atoms with E-state index >= 15 is 0 Å². The van der Waals surface area contributed by atoms with Crippen LogP contribution < -0.4 is 5.73 Å². The van der Waals surface area contributed by atoms with Gasteiger partial charge in [0.05, 0.1) is 12.1 Å². The van der Waals surface area contributed by atoms with E-state index in [-0.39, 0.29) is 24.4 Å². The van der Waals surface area contributed by atoms with Crippen LogP contribution in [0.3, 0.4) is 0 Å². The highest BCUT2D eigenvalue weighted by Crippen LogP contribution is 2.33. The smallest absolute Gasteiger partial charge is 0.288 e. The molecule has 1 aliphatic carbocycles. The van der Waals surface area contributed by atoms with E-state index in [0.29, 0.717) is 12.8 Å². The Labute approximate surface area is 91.9 Å². The van der Waals surface area contributed by atoms with Crippen LogP contribution in [0.25, 0.3) is 0 Å². The van der Waals surface area contributed by atoms with E-state index in [1.54, 1.807) is 0 Å². The van der Waals surface area contributed by atoms with E-state index in [9.17, 15) is 9.90 Å². The van der Waals surface area contributed by atoms with Gasteiger partial charge in [-0.1, -0.05) is 0 Å². The Kier molecular flexibility index (Phi) is 2.88. The van der Waals surface area contributed by atoms with Crippen LogP contribution in [-0.2, 0) is 0 Å². The molecule has 88 valence electrons. The van der Waals surface area contributed by atoms with Crippen LogP contribution in [-0.4, -0.2) is 43.6 Å². The number of aliphatic hydroxyl groups excluding tert-OH is 2. The van der Waals surface area contributed by atoms with Crippen molar-refractivity contribution in [1.82, 2.24) is 14.8 Å². The van der Waals surface area contributed by atoms with Crippen molar-refractivity contribution in [2.24, 2.45) is 11.7 Å². The third kappa shape index (κ3) is 1.91. The fraction of sp³-hybridized carbons (Fsp3) is 0.667. The predicted octanol–water partition coefficient (Wildman–Crippen LogP) is -1.32. The molecular formula is C9H14N4O3. The van der Waals surface area contributed by atoms with Gasteiger partial charge in [-0.15, -0.1) is 5.10 Å². The summed E-state index contributed by atoms with van der Waals surface area (Å²) >= 11 is 0. The molecule has 4 N–H and O–H groups in total. The topological polar surface area (TPSA) is 114 Å². The summed E-state index contributed by atoms with van der Waals surface area (Å²) in [5.74, 6) is -0.829. The first kappa shape index (κ1) is 11.0. The van der Waals surface area contributed by atoms with Crippen LogP contribution >= 0.6 is 0 Å². The quantitative estimate of drug-likeness (QED) is 0.591. The highest BCUT2D eigenvalue weighted by Gasteiger charge is 2.34. The summed E-state index contributed by atoms with van der Waals surface area (Å²) in [6.45, 7) is -0.0466. The van der Waals surface area contributed by atoms with Gasteiger partial charge < -0.3 is 15.9 Å². The summed E-state index contributed by atoms with van der Waals surface area (Å²) in [7, 11) is 0. The van der Waals surface area contributed by atoms with E-state index < -0.39 is 12.0 Å². The van der Waals surface area contributed by atoms with Gasteiger partial charge in [0.25, 0.3) is 5.91 Å². The summed E-state index contributed by atoms with van der Waals surface area (Å²) < 4.78 is 1.53. The largest absolute Gasteiger partial charge is 0.396 e. The van der Waals surface area contributed by atoms with Gasteiger partial charge in [-0.25, -0.2) is 9.67 Å². The van der Waals surface area contributed by atoms with Gasteiger partial charge in [-0.05, 0) is 12.8 Å². The lowest BCUT2D eigenvalue weighted by molar-refractivity contribution is 0.0906. The Morgan fingerprint density at radius 3 is 2.88 bits per heavy atom. The minimum atomic E-state index is -0.670. The van der Waals surface area contributed by atoms with E-state index in [1.807, 2.05) is 0 Å². The third-order valence-electron chi connectivity index (χ3n) is 2.97. The van der Waals surface area contributed by atoms with Gasteiger partial charge in [-0.2, -0.15) is 0 Å². The molecule has 1 unspecified atom stereocenters. The summed E-state index contributed by atoms with van der Waals surface area (Å²) in [4.78, 5) is 14.6. The van der Waals surface area contributed by atoms with Crippen molar-refractivity contribution in [3.05, 3.63) is 12.2 Å². The molecule has 0 saturated heterocycles. The fourth-order valence-electron chi connectivity index (χ4n) is 2.05. The van der Waals surface area contributed by atoms with Crippen molar-refractivity contribution in [3.63, 3.8) is 0 Å². The van der Waals surface area contributed by atoms with E-state index in [2.05, 4.69) is 10.1 Å². The van der Waals surface area contributed by atoms with Gasteiger partial charge in [0.15, 0.2) is 0 Å². The van der Waals surface area contributed by atoms with Crippen LogP contribution in [0.1, 0.15) is 29.5 Å². The number of aromatic nitrogens is 3. The number of nitrogens with two attached hydrogens (primary N) is 1. The van der Waals surface area contributed by atoms with Crippen molar-refractivity contribution >= 4 is 5.91 Å². The predicted molar refractivity (Wildman–Crippen MR) is 53.4 cm³/mol. The minimum Gasteiger partial charge on any atom is -0.396 e. The molecule has 2 rings (SSSR count). The fourth-order valence-corrected chi connectivity index (χ4v) is 2.05. The molecule has 0 radical (unpaired) electrons. The Bertz CT molecular complexity index is 392. The van der Waals surface area contributed by atoms with Crippen molar-refractivity contribution in [2.75, 3.05) is 6.61 Å². The second-order valence-corrected chi connectivity index (χ2v) is 4.05. The lowest BCUT2D eigenvalue weighted by Crippen LogP contribution is -2.16. The number of aliphatic hydroxyl groups is 2. The van der Waals surface area contributed by atoms with Crippen molar-refractivity contribution < 1.29 is 15.0 Å². The van der Waals surface area contributed by atoms with E-state index in [4.69, 9.17) is 10.8 Å². The molecule has 0 aromatic carbocycles.